The molecule has 4 rings (SSSR count). The first-order valence-corrected chi connectivity index (χ1v) is 9.63. The maximum absolute atomic E-state index is 13.3. The smallest absolute Gasteiger partial charge is 0.257 e. The van der Waals surface area contributed by atoms with E-state index in [4.69, 9.17) is 20.8 Å². The predicted octanol–water partition coefficient (Wildman–Crippen LogP) is 5.68. The Morgan fingerprint density at radius 1 is 1.00 bits per heavy atom. The van der Waals surface area contributed by atoms with Crippen molar-refractivity contribution in [1.82, 2.24) is 0 Å². The van der Waals surface area contributed by atoms with Crippen molar-refractivity contribution in [1.29, 1.82) is 0 Å². The van der Waals surface area contributed by atoms with E-state index in [0.717, 1.165) is 5.56 Å². The molecule has 0 saturated carbocycles. The Morgan fingerprint density at radius 3 is 2.37 bits per heavy atom. The Balaban J connectivity index is 1.87. The van der Waals surface area contributed by atoms with E-state index in [1.807, 2.05) is 13.0 Å². The highest BCUT2D eigenvalue weighted by Crippen LogP contribution is 2.31. The molecule has 30 heavy (non-hydrogen) atoms. The highest BCUT2D eigenvalue weighted by molar-refractivity contribution is 6.30. The Kier molecular flexibility index (Phi) is 5.29. The number of hydrogen-bond donors (Lipinski definition) is 1. The summed E-state index contributed by atoms with van der Waals surface area (Å²) in [5.41, 5.74) is 2.28. The fourth-order valence-corrected chi connectivity index (χ4v) is 3.37. The maximum atomic E-state index is 13.3. The number of fused-ring (bicyclic) bond motifs is 1. The Bertz CT molecular complexity index is 1290. The number of nitrogens with one attached hydrogen (secondary N) is 1. The molecule has 1 amide bonds. The third kappa shape index (κ3) is 3.67. The first kappa shape index (κ1) is 19.7. The van der Waals surface area contributed by atoms with Gasteiger partial charge in [-0.1, -0.05) is 35.9 Å². The van der Waals surface area contributed by atoms with E-state index in [-0.39, 0.29) is 16.9 Å². The zero-order valence-corrected chi connectivity index (χ0v) is 17.1. The molecule has 0 fully saturated rings. The molecule has 0 unspecified atom stereocenters. The highest BCUT2D eigenvalue weighted by Gasteiger charge is 2.20. The Labute approximate surface area is 177 Å². The predicted molar refractivity (Wildman–Crippen MR) is 119 cm³/mol. The van der Waals surface area contributed by atoms with Crippen LogP contribution >= 0.6 is 11.6 Å². The molecule has 0 aliphatic heterocycles. The number of carbonyl (C=O) groups excluding carboxylic acids is 1. The van der Waals surface area contributed by atoms with Crippen molar-refractivity contribution >= 4 is 34.4 Å². The molecule has 0 bridgehead atoms. The second kappa shape index (κ2) is 8.05. The van der Waals surface area contributed by atoms with Crippen molar-refractivity contribution in [3.05, 3.63) is 93.1 Å². The van der Waals surface area contributed by atoms with Gasteiger partial charge in [0, 0.05) is 10.6 Å². The molecule has 0 radical (unpaired) electrons. The van der Waals surface area contributed by atoms with Crippen LogP contribution < -0.4 is 15.5 Å². The van der Waals surface area contributed by atoms with Crippen LogP contribution in [0.1, 0.15) is 15.9 Å². The van der Waals surface area contributed by atoms with Gasteiger partial charge in [-0.15, -0.1) is 0 Å². The topological polar surface area (TPSA) is 68.5 Å². The lowest BCUT2D eigenvalue weighted by Crippen LogP contribution is -2.16. The van der Waals surface area contributed by atoms with Gasteiger partial charge < -0.3 is 9.15 Å². The fourth-order valence-electron chi connectivity index (χ4n) is 3.24. The lowest BCUT2D eigenvalue weighted by molar-refractivity contribution is 0.102. The minimum Gasteiger partial charge on any atom is -0.497 e. The van der Waals surface area contributed by atoms with Crippen molar-refractivity contribution in [2.45, 2.75) is 6.92 Å². The van der Waals surface area contributed by atoms with Gasteiger partial charge in [-0.3, -0.25) is 14.9 Å². The van der Waals surface area contributed by atoms with Crippen LogP contribution in [0.15, 0.2) is 75.9 Å². The van der Waals surface area contributed by atoms with Crippen molar-refractivity contribution < 1.29 is 13.9 Å². The van der Waals surface area contributed by atoms with E-state index in [2.05, 4.69) is 5.32 Å². The molecular weight excluding hydrogens is 402 g/mol. The minimum atomic E-state index is -0.399. The summed E-state index contributed by atoms with van der Waals surface area (Å²) < 4.78 is 11.2. The van der Waals surface area contributed by atoms with Crippen LogP contribution in [-0.4, -0.2) is 13.0 Å². The third-order valence-electron chi connectivity index (χ3n) is 4.83. The summed E-state index contributed by atoms with van der Waals surface area (Å²) in [6, 6.07) is 18.8. The van der Waals surface area contributed by atoms with Gasteiger partial charge in [0.25, 0.3) is 5.91 Å². The van der Waals surface area contributed by atoms with Gasteiger partial charge >= 0.3 is 0 Å². The van der Waals surface area contributed by atoms with Gasteiger partial charge in [-0.25, -0.2) is 0 Å². The molecule has 4 aromatic rings. The Morgan fingerprint density at radius 2 is 1.70 bits per heavy atom. The number of para-hydroxylation sites is 1. The van der Waals surface area contributed by atoms with E-state index in [1.54, 1.807) is 67.8 Å². The number of methoxy groups -OCH3 is 1. The summed E-state index contributed by atoms with van der Waals surface area (Å²) in [6.45, 7) is 1.85. The third-order valence-corrected chi connectivity index (χ3v) is 5.08. The average molecular weight is 420 g/mol. The van der Waals surface area contributed by atoms with Crippen LogP contribution in [0, 0.1) is 6.92 Å². The minimum absolute atomic E-state index is 0.0879. The molecule has 0 atom stereocenters. The summed E-state index contributed by atoms with van der Waals surface area (Å²) in [5.74, 6) is 0.329. The monoisotopic (exact) mass is 419 g/mol. The number of benzene rings is 3. The summed E-state index contributed by atoms with van der Waals surface area (Å²) in [6.07, 6.45) is 0. The molecule has 6 heteroatoms. The van der Waals surface area contributed by atoms with Crippen LogP contribution in [0.25, 0.3) is 22.1 Å². The average Bonchev–Trinajstić information content (AvgIpc) is 2.76. The number of hydrogen-bond acceptors (Lipinski definition) is 4. The Hall–Kier alpha value is -3.57. The van der Waals surface area contributed by atoms with E-state index >= 15 is 0 Å². The van der Waals surface area contributed by atoms with Crippen LogP contribution in [-0.2, 0) is 0 Å². The number of amides is 1. The first-order valence-electron chi connectivity index (χ1n) is 9.25. The molecule has 0 saturated heterocycles. The lowest BCUT2D eigenvalue weighted by atomic mass is 10.0. The number of carbonyl (C=O) groups is 1. The molecule has 1 N–H and O–H groups in total. The van der Waals surface area contributed by atoms with Crippen molar-refractivity contribution in [2.24, 2.45) is 0 Å². The number of anilines is 1. The van der Waals surface area contributed by atoms with Gasteiger partial charge in [0.05, 0.1) is 18.1 Å². The molecule has 5 nitrogen and oxygen atoms in total. The SMILES string of the molecule is COc1ccc(C(=O)Nc2oc3c(C)cccc3c(=O)c2-c2ccc(Cl)cc2)cc1. The molecule has 0 aliphatic carbocycles. The van der Waals surface area contributed by atoms with Crippen molar-refractivity contribution in [2.75, 3.05) is 12.4 Å². The standard InChI is InChI=1S/C24H18ClNO4/c1-14-4-3-5-19-21(27)20(15-6-10-17(25)11-7-15)24(30-22(14)19)26-23(28)16-8-12-18(29-2)13-9-16/h3-13H,1-2H3,(H,26,28). The van der Waals surface area contributed by atoms with E-state index in [0.29, 0.717) is 32.9 Å². The second-order valence-corrected chi connectivity index (χ2v) is 7.21. The van der Waals surface area contributed by atoms with Crippen LogP contribution in [0.3, 0.4) is 0 Å². The van der Waals surface area contributed by atoms with E-state index in [9.17, 15) is 9.59 Å². The van der Waals surface area contributed by atoms with Gasteiger partial charge in [0.2, 0.25) is 11.3 Å². The summed E-state index contributed by atoms with van der Waals surface area (Å²) in [5, 5.41) is 3.75. The molecule has 0 aliphatic rings. The highest BCUT2D eigenvalue weighted by atomic mass is 35.5. The molecule has 3 aromatic carbocycles. The van der Waals surface area contributed by atoms with Crippen LogP contribution in [0.4, 0.5) is 5.88 Å². The second-order valence-electron chi connectivity index (χ2n) is 6.78. The number of halogens is 1. The molecule has 0 spiro atoms. The van der Waals surface area contributed by atoms with Gasteiger partial charge in [0.15, 0.2) is 0 Å². The van der Waals surface area contributed by atoms with Crippen LogP contribution in [0.2, 0.25) is 5.02 Å². The van der Waals surface area contributed by atoms with E-state index in [1.165, 1.54) is 0 Å². The zero-order valence-electron chi connectivity index (χ0n) is 16.4. The largest absolute Gasteiger partial charge is 0.497 e. The number of ether oxygens (including phenoxy) is 1. The normalized spacial score (nSPS) is 10.8. The summed E-state index contributed by atoms with van der Waals surface area (Å²) in [7, 11) is 1.56. The summed E-state index contributed by atoms with van der Waals surface area (Å²) in [4.78, 5) is 26.2. The fraction of sp³-hybridized carbons (Fsp3) is 0.0833. The van der Waals surface area contributed by atoms with Crippen LogP contribution in [0.5, 0.6) is 5.75 Å². The number of rotatable bonds is 4. The maximum Gasteiger partial charge on any atom is 0.257 e. The van der Waals surface area contributed by atoms with Gasteiger partial charge in [-0.2, -0.15) is 0 Å². The first-order chi connectivity index (χ1) is 14.5. The van der Waals surface area contributed by atoms with E-state index < -0.39 is 5.91 Å². The van der Waals surface area contributed by atoms with Gasteiger partial charge in [-0.05, 0) is 60.5 Å². The van der Waals surface area contributed by atoms with Gasteiger partial charge in [0.1, 0.15) is 11.3 Å². The summed E-state index contributed by atoms with van der Waals surface area (Å²) >= 11 is 6.00. The molecule has 150 valence electrons. The lowest BCUT2D eigenvalue weighted by Gasteiger charge is -2.13. The molecule has 1 aromatic heterocycles. The van der Waals surface area contributed by atoms with Crippen molar-refractivity contribution in [3.8, 4) is 16.9 Å². The zero-order chi connectivity index (χ0) is 21.3. The quantitative estimate of drug-likeness (QED) is 0.462. The molecule has 1 heterocycles. The molecular formula is C24H18ClNO4. The number of aryl methyl sites for hydroxylation is 1. The van der Waals surface area contributed by atoms with Crippen molar-refractivity contribution in [3.63, 3.8) is 0 Å².